The maximum atomic E-state index is 13.6. The molecule has 0 aromatic heterocycles. The molecule has 0 saturated carbocycles. The zero-order valence-electron chi connectivity index (χ0n) is 23.1. The van der Waals surface area contributed by atoms with E-state index in [1.54, 1.807) is 10.4 Å². The lowest BCUT2D eigenvalue weighted by molar-refractivity contribution is -0.110. The summed E-state index contributed by atoms with van der Waals surface area (Å²) in [5, 5.41) is 12.9. The molecule has 3 N–H and O–H groups in total. The van der Waals surface area contributed by atoms with Gasteiger partial charge in [-0.3, -0.25) is 9.59 Å². The predicted molar refractivity (Wildman–Crippen MR) is 154 cm³/mol. The summed E-state index contributed by atoms with van der Waals surface area (Å²) in [4.78, 5) is 32.7. The largest absolute Gasteiger partial charge is 0.398 e. The number of anilines is 1. The summed E-state index contributed by atoms with van der Waals surface area (Å²) in [6, 6.07) is 2.71. The van der Waals surface area contributed by atoms with E-state index in [1.807, 2.05) is 7.05 Å². The number of hydrogen-bond donors (Lipinski definition) is 3. The number of benzene rings is 1. The summed E-state index contributed by atoms with van der Waals surface area (Å²) in [6.07, 6.45) is 5.71. The normalized spacial score (nSPS) is 26.6. The summed E-state index contributed by atoms with van der Waals surface area (Å²) in [5.74, 6) is -0.376. The van der Waals surface area contributed by atoms with Crippen molar-refractivity contribution in [1.82, 2.24) is 19.8 Å². The Morgan fingerprint density at radius 2 is 1.88 bits per heavy atom. The Balaban J connectivity index is 1.18. The molecule has 40 heavy (non-hydrogen) atoms. The fraction of sp³-hybridized carbons (Fsp3) is 0.667. The maximum Gasteiger partial charge on any atom is 0.278 e. The molecule has 0 aliphatic carbocycles. The van der Waals surface area contributed by atoms with Gasteiger partial charge in [0.2, 0.25) is 10.0 Å². The molecule has 1 aromatic carbocycles. The van der Waals surface area contributed by atoms with E-state index in [4.69, 9.17) is 16.4 Å². The number of nitrogens with zero attached hydrogens (tertiary/aromatic N) is 3. The van der Waals surface area contributed by atoms with Crippen molar-refractivity contribution >= 4 is 44.8 Å². The van der Waals surface area contributed by atoms with Crippen LogP contribution in [0.4, 0.5) is 5.69 Å². The van der Waals surface area contributed by atoms with E-state index in [0.29, 0.717) is 24.1 Å². The third-order valence-corrected chi connectivity index (χ3v) is 11.1. The highest BCUT2D eigenvalue weighted by Gasteiger charge is 2.47. The number of oxime groups is 1. The van der Waals surface area contributed by atoms with Gasteiger partial charge < -0.3 is 25.7 Å². The first-order chi connectivity index (χ1) is 19.2. The minimum Gasteiger partial charge on any atom is -0.398 e. The molecule has 4 heterocycles. The molecule has 4 aliphatic rings. The number of rotatable bonds is 10. The SMILES string of the molecule is CNCCCN1CCC(CS(=O)(=O)N2[C@@H]3CC[C@H]2CC(NC(=O)c2cc4c(cc2Cl)NC(=O)/C4=N\OC)C3)CC1. The van der Waals surface area contributed by atoms with Crippen LogP contribution in [0.5, 0.6) is 0 Å². The van der Waals surface area contributed by atoms with Crippen molar-refractivity contribution in [1.29, 1.82) is 0 Å². The van der Waals surface area contributed by atoms with Gasteiger partial charge in [-0.05, 0) is 96.2 Å². The Labute approximate surface area is 241 Å². The number of nitrogens with one attached hydrogen (secondary N) is 3. The highest BCUT2D eigenvalue weighted by molar-refractivity contribution is 7.89. The van der Waals surface area contributed by atoms with Crippen LogP contribution < -0.4 is 16.0 Å². The lowest BCUT2D eigenvalue weighted by Crippen LogP contribution is -2.53. The van der Waals surface area contributed by atoms with Crippen LogP contribution in [0.25, 0.3) is 0 Å². The van der Waals surface area contributed by atoms with E-state index >= 15 is 0 Å². The van der Waals surface area contributed by atoms with Crippen LogP contribution in [0.2, 0.25) is 5.02 Å². The van der Waals surface area contributed by atoms with Crippen molar-refractivity contribution < 1.29 is 22.8 Å². The van der Waals surface area contributed by atoms with E-state index in [-0.39, 0.29) is 52.0 Å². The predicted octanol–water partition coefficient (Wildman–Crippen LogP) is 2.02. The van der Waals surface area contributed by atoms with E-state index in [9.17, 15) is 18.0 Å². The molecular weight excluding hydrogens is 556 g/mol. The summed E-state index contributed by atoms with van der Waals surface area (Å²) < 4.78 is 28.9. The molecule has 0 radical (unpaired) electrons. The number of hydrogen-bond acceptors (Lipinski definition) is 8. The number of halogens is 1. The number of likely N-dealkylation sites (tertiary alicyclic amines) is 1. The van der Waals surface area contributed by atoms with Gasteiger partial charge >= 0.3 is 0 Å². The first-order valence-electron chi connectivity index (χ1n) is 14.2. The molecule has 3 fully saturated rings. The summed E-state index contributed by atoms with van der Waals surface area (Å²) >= 11 is 6.40. The fourth-order valence-electron chi connectivity index (χ4n) is 6.74. The van der Waals surface area contributed by atoms with Crippen LogP contribution in [0.15, 0.2) is 17.3 Å². The average Bonchev–Trinajstić information content (AvgIpc) is 3.37. The standard InChI is InChI=1S/C27H39ClN6O5S/c1-29-8-3-9-33-10-6-17(7-11-33)16-40(37,38)34-19-4-5-20(34)13-18(12-19)30-26(35)21-14-22-24(15-23(21)28)31-27(36)25(22)32-39-2/h14-15,17-20,29H,3-13,16H2,1-2H3,(H,30,35)(H,31,32,36)/t18?,19-,20+. The first-order valence-corrected chi connectivity index (χ1v) is 16.1. The lowest BCUT2D eigenvalue weighted by atomic mass is 9.98. The molecule has 2 bridgehead atoms. The Morgan fingerprint density at radius 3 is 2.52 bits per heavy atom. The third-order valence-electron chi connectivity index (χ3n) is 8.63. The minimum atomic E-state index is -3.38. The highest BCUT2D eigenvalue weighted by atomic mass is 35.5. The van der Waals surface area contributed by atoms with E-state index in [0.717, 1.165) is 58.3 Å². The van der Waals surface area contributed by atoms with Crippen molar-refractivity contribution in [3.8, 4) is 0 Å². The van der Waals surface area contributed by atoms with Crippen LogP contribution in [-0.2, 0) is 19.7 Å². The number of amides is 2. The van der Waals surface area contributed by atoms with Crippen LogP contribution in [-0.4, -0.2) is 99.4 Å². The molecule has 4 aliphatic heterocycles. The minimum absolute atomic E-state index is 0.0826. The zero-order chi connectivity index (χ0) is 28.4. The highest BCUT2D eigenvalue weighted by Crippen LogP contribution is 2.39. The molecule has 5 rings (SSSR count). The molecule has 3 saturated heterocycles. The van der Waals surface area contributed by atoms with Gasteiger partial charge in [-0.25, -0.2) is 8.42 Å². The second-order valence-electron chi connectivity index (χ2n) is 11.3. The number of carbonyl (C=O) groups is 2. The summed E-state index contributed by atoms with van der Waals surface area (Å²) in [5.41, 5.74) is 1.24. The van der Waals surface area contributed by atoms with Crippen LogP contribution in [0.1, 0.15) is 60.9 Å². The van der Waals surface area contributed by atoms with Crippen molar-refractivity contribution in [2.45, 2.75) is 63.1 Å². The van der Waals surface area contributed by atoms with Crippen LogP contribution >= 0.6 is 11.6 Å². The molecule has 1 unspecified atom stereocenters. The van der Waals surface area contributed by atoms with Gasteiger partial charge in [0.05, 0.1) is 22.0 Å². The second-order valence-corrected chi connectivity index (χ2v) is 13.7. The van der Waals surface area contributed by atoms with Crippen molar-refractivity contribution in [3.63, 3.8) is 0 Å². The van der Waals surface area contributed by atoms with Crippen LogP contribution in [0.3, 0.4) is 0 Å². The van der Waals surface area contributed by atoms with Gasteiger partial charge in [-0.1, -0.05) is 16.8 Å². The lowest BCUT2D eigenvalue weighted by Gasteiger charge is -2.39. The van der Waals surface area contributed by atoms with Crippen LogP contribution in [0, 0.1) is 5.92 Å². The second kappa shape index (κ2) is 12.3. The Kier molecular flexibility index (Phi) is 9.01. The maximum absolute atomic E-state index is 13.6. The molecule has 3 atom stereocenters. The molecule has 1 aromatic rings. The summed E-state index contributed by atoms with van der Waals surface area (Å²) in [7, 11) is -0.0787. The van der Waals surface area contributed by atoms with Gasteiger partial charge in [0.1, 0.15) is 7.11 Å². The van der Waals surface area contributed by atoms with E-state index in [2.05, 4.69) is 26.0 Å². The topological polar surface area (TPSA) is 132 Å². The van der Waals surface area contributed by atoms with Crippen molar-refractivity contribution in [3.05, 3.63) is 28.3 Å². The molecule has 13 heteroatoms. The third kappa shape index (κ3) is 6.15. The van der Waals surface area contributed by atoms with E-state index < -0.39 is 15.9 Å². The molecular formula is C27H39ClN6O5S. The zero-order valence-corrected chi connectivity index (χ0v) is 24.7. The molecule has 220 valence electrons. The Hall–Kier alpha value is -2.25. The van der Waals surface area contributed by atoms with Crippen molar-refractivity contribution in [2.24, 2.45) is 11.1 Å². The smallest absolute Gasteiger partial charge is 0.278 e. The Morgan fingerprint density at radius 1 is 1.18 bits per heavy atom. The Bertz CT molecular complexity index is 1250. The molecule has 2 amide bonds. The fourth-order valence-corrected chi connectivity index (χ4v) is 9.38. The van der Waals surface area contributed by atoms with Gasteiger partial charge in [0, 0.05) is 23.7 Å². The quantitative estimate of drug-likeness (QED) is 0.279. The van der Waals surface area contributed by atoms with Gasteiger partial charge in [0.25, 0.3) is 11.8 Å². The monoisotopic (exact) mass is 594 g/mol. The van der Waals surface area contributed by atoms with Gasteiger partial charge in [0.15, 0.2) is 5.71 Å². The summed E-state index contributed by atoms with van der Waals surface area (Å²) in [6.45, 7) is 3.96. The van der Waals surface area contributed by atoms with Gasteiger partial charge in [-0.15, -0.1) is 0 Å². The number of fused-ring (bicyclic) bond motifs is 3. The van der Waals surface area contributed by atoms with Crippen molar-refractivity contribution in [2.75, 3.05) is 51.4 Å². The average molecular weight is 595 g/mol. The molecule has 0 spiro atoms. The van der Waals surface area contributed by atoms with E-state index in [1.165, 1.54) is 13.2 Å². The van der Waals surface area contributed by atoms with Gasteiger partial charge in [-0.2, -0.15) is 4.31 Å². The molecule has 11 nitrogen and oxygen atoms in total. The number of piperidine rings is 2. The number of sulfonamides is 1. The first kappa shape index (κ1) is 29.2. The number of carbonyl (C=O) groups excluding carboxylic acids is 2.